The van der Waals surface area contributed by atoms with Gasteiger partial charge < -0.3 is 0 Å². The second-order valence-corrected chi connectivity index (χ2v) is 5.11. The highest BCUT2D eigenvalue weighted by Crippen LogP contribution is 2.33. The van der Waals surface area contributed by atoms with Crippen LogP contribution < -0.4 is 0 Å². The standard InChI is InChI=1S/C13H14BNS/c1-8-6-9(2)12(15-7-8)11-4-5-16-13(11)10(3)14/h4-7,10H,1-3H3. The van der Waals surface area contributed by atoms with E-state index in [0.717, 1.165) is 5.69 Å². The molecule has 0 aromatic carbocycles. The molecular formula is C13H14BNS. The van der Waals surface area contributed by atoms with E-state index in [1.807, 2.05) is 13.1 Å². The lowest BCUT2D eigenvalue weighted by molar-refractivity contribution is 1.11. The first-order chi connectivity index (χ1) is 7.59. The van der Waals surface area contributed by atoms with Gasteiger partial charge in [-0.15, -0.1) is 11.3 Å². The number of hydrogen-bond donors (Lipinski definition) is 0. The summed E-state index contributed by atoms with van der Waals surface area (Å²) in [4.78, 5) is 5.72. The average molecular weight is 227 g/mol. The maximum atomic E-state index is 5.96. The summed E-state index contributed by atoms with van der Waals surface area (Å²) >= 11 is 1.70. The first-order valence-corrected chi connectivity index (χ1v) is 6.24. The largest absolute Gasteiger partial charge is 0.256 e. The summed E-state index contributed by atoms with van der Waals surface area (Å²) in [5.41, 5.74) is 4.63. The molecule has 80 valence electrons. The van der Waals surface area contributed by atoms with E-state index in [1.54, 1.807) is 11.3 Å². The molecule has 0 N–H and O–H groups in total. The summed E-state index contributed by atoms with van der Waals surface area (Å²) < 4.78 is 0. The Labute approximate surface area is 102 Å². The number of hydrogen-bond acceptors (Lipinski definition) is 2. The number of aromatic nitrogens is 1. The van der Waals surface area contributed by atoms with Crippen molar-refractivity contribution >= 4 is 19.2 Å². The number of pyridine rings is 1. The molecular weight excluding hydrogens is 213 g/mol. The van der Waals surface area contributed by atoms with Crippen LogP contribution in [0.3, 0.4) is 0 Å². The molecule has 2 rings (SSSR count). The van der Waals surface area contributed by atoms with E-state index < -0.39 is 0 Å². The Hall–Kier alpha value is -1.09. The zero-order chi connectivity index (χ0) is 11.7. The van der Waals surface area contributed by atoms with E-state index in [9.17, 15) is 0 Å². The van der Waals surface area contributed by atoms with Gasteiger partial charge in [0.05, 0.1) is 13.5 Å². The maximum Gasteiger partial charge on any atom is 0.0771 e. The zero-order valence-electron chi connectivity index (χ0n) is 9.82. The van der Waals surface area contributed by atoms with Crippen molar-refractivity contribution in [3.8, 4) is 11.3 Å². The van der Waals surface area contributed by atoms with Gasteiger partial charge in [-0.25, -0.2) is 0 Å². The van der Waals surface area contributed by atoms with Crippen LogP contribution in [-0.2, 0) is 0 Å². The quantitative estimate of drug-likeness (QED) is 0.713. The van der Waals surface area contributed by atoms with Gasteiger partial charge in [-0.2, -0.15) is 0 Å². The summed E-state index contributed by atoms with van der Waals surface area (Å²) in [6.07, 6.45) is 1.91. The lowest BCUT2D eigenvalue weighted by atomic mass is 9.85. The van der Waals surface area contributed by atoms with Crippen LogP contribution >= 0.6 is 11.3 Å². The first kappa shape index (κ1) is 11.4. The Morgan fingerprint density at radius 1 is 1.38 bits per heavy atom. The molecule has 1 atom stereocenters. The van der Waals surface area contributed by atoms with Gasteiger partial charge in [0.1, 0.15) is 0 Å². The van der Waals surface area contributed by atoms with Crippen LogP contribution in [0, 0.1) is 13.8 Å². The van der Waals surface area contributed by atoms with Crippen molar-refractivity contribution in [3.05, 3.63) is 39.7 Å². The predicted molar refractivity (Wildman–Crippen MR) is 71.2 cm³/mol. The average Bonchev–Trinajstić information content (AvgIpc) is 2.66. The molecule has 16 heavy (non-hydrogen) atoms. The highest BCUT2D eigenvalue weighted by atomic mass is 32.1. The van der Waals surface area contributed by atoms with Gasteiger partial charge in [0.25, 0.3) is 0 Å². The molecule has 2 radical (unpaired) electrons. The molecule has 0 amide bonds. The molecule has 0 aliphatic rings. The molecule has 0 aliphatic carbocycles. The van der Waals surface area contributed by atoms with Crippen LogP contribution in [0.2, 0.25) is 0 Å². The van der Waals surface area contributed by atoms with Gasteiger partial charge in [0.2, 0.25) is 0 Å². The molecule has 1 unspecified atom stereocenters. The Balaban J connectivity index is 2.54. The van der Waals surface area contributed by atoms with Gasteiger partial charge in [-0.1, -0.05) is 13.0 Å². The minimum atomic E-state index is 0.0671. The molecule has 0 aliphatic heterocycles. The lowest BCUT2D eigenvalue weighted by Gasteiger charge is -2.09. The molecule has 2 aromatic rings. The third-order valence-corrected chi connectivity index (χ3v) is 3.70. The molecule has 3 heteroatoms. The van der Waals surface area contributed by atoms with Crippen LogP contribution in [0.1, 0.15) is 28.7 Å². The smallest absolute Gasteiger partial charge is 0.0771 e. The van der Waals surface area contributed by atoms with E-state index in [1.165, 1.54) is 21.6 Å². The van der Waals surface area contributed by atoms with Crippen LogP contribution in [0.4, 0.5) is 0 Å². The fraction of sp³-hybridized carbons (Fsp3) is 0.308. The van der Waals surface area contributed by atoms with E-state index in [0.29, 0.717) is 0 Å². The third-order valence-electron chi connectivity index (χ3n) is 2.58. The van der Waals surface area contributed by atoms with Gasteiger partial charge in [0, 0.05) is 16.6 Å². The molecule has 0 saturated carbocycles. The zero-order valence-corrected chi connectivity index (χ0v) is 10.6. The molecule has 2 heterocycles. The molecule has 0 fully saturated rings. The van der Waals surface area contributed by atoms with E-state index in [-0.39, 0.29) is 5.82 Å². The maximum absolute atomic E-state index is 5.96. The Morgan fingerprint density at radius 2 is 2.12 bits per heavy atom. The van der Waals surface area contributed by atoms with Crippen LogP contribution in [0.5, 0.6) is 0 Å². The second-order valence-electron chi connectivity index (χ2n) is 4.17. The fourth-order valence-corrected chi connectivity index (χ4v) is 2.72. The second kappa shape index (κ2) is 4.42. The minimum absolute atomic E-state index is 0.0671. The van der Waals surface area contributed by atoms with Gasteiger partial charge in [-0.05, 0) is 42.2 Å². The van der Waals surface area contributed by atoms with Crippen LogP contribution in [-0.4, -0.2) is 12.8 Å². The van der Waals surface area contributed by atoms with Crippen molar-refractivity contribution in [3.63, 3.8) is 0 Å². The molecule has 0 bridgehead atoms. The number of aryl methyl sites for hydroxylation is 2. The Kier molecular flexibility index (Phi) is 3.15. The number of nitrogens with zero attached hydrogens (tertiary/aromatic N) is 1. The van der Waals surface area contributed by atoms with Crippen molar-refractivity contribution in [2.45, 2.75) is 26.6 Å². The fourth-order valence-electron chi connectivity index (χ4n) is 1.87. The van der Waals surface area contributed by atoms with Gasteiger partial charge in [0.15, 0.2) is 0 Å². The topological polar surface area (TPSA) is 12.9 Å². The molecule has 1 nitrogen and oxygen atoms in total. The third kappa shape index (κ3) is 2.05. The lowest BCUT2D eigenvalue weighted by Crippen LogP contribution is -1.94. The summed E-state index contributed by atoms with van der Waals surface area (Å²) in [6, 6.07) is 4.26. The number of thiophene rings is 1. The first-order valence-electron chi connectivity index (χ1n) is 5.36. The summed E-state index contributed by atoms with van der Waals surface area (Å²) in [6.45, 7) is 6.17. The van der Waals surface area contributed by atoms with Crippen molar-refractivity contribution in [1.29, 1.82) is 0 Å². The van der Waals surface area contributed by atoms with Gasteiger partial charge in [-0.3, -0.25) is 4.98 Å². The highest BCUT2D eigenvalue weighted by molar-refractivity contribution is 7.10. The summed E-state index contributed by atoms with van der Waals surface area (Å²) in [5, 5.41) is 2.08. The van der Waals surface area contributed by atoms with E-state index in [4.69, 9.17) is 7.85 Å². The summed E-state index contributed by atoms with van der Waals surface area (Å²) in [5.74, 6) is 0.0671. The highest BCUT2D eigenvalue weighted by Gasteiger charge is 2.12. The van der Waals surface area contributed by atoms with E-state index >= 15 is 0 Å². The summed E-state index contributed by atoms with van der Waals surface area (Å²) in [7, 11) is 5.96. The molecule has 2 aromatic heterocycles. The van der Waals surface area contributed by atoms with Crippen molar-refractivity contribution in [2.24, 2.45) is 0 Å². The van der Waals surface area contributed by atoms with E-state index in [2.05, 4.69) is 36.3 Å². The van der Waals surface area contributed by atoms with Crippen molar-refractivity contribution in [1.82, 2.24) is 4.98 Å². The predicted octanol–water partition coefficient (Wildman–Crippen LogP) is 3.66. The van der Waals surface area contributed by atoms with Crippen molar-refractivity contribution < 1.29 is 0 Å². The van der Waals surface area contributed by atoms with Crippen LogP contribution in [0.25, 0.3) is 11.3 Å². The monoisotopic (exact) mass is 227 g/mol. The molecule has 0 saturated heterocycles. The minimum Gasteiger partial charge on any atom is -0.256 e. The van der Waals surface area contributed by atoms with Crippen molar-refractivity contribution in [2.75, 3.05) is 0 Å². The number of rotatable bonds is 2. The normalized spacial score (nSPS) is 12.7. The Bertz CT molecular complexity index is 502. The molecule has 0 spiro atoms. The van der Waals surface area contributed by atoms with Crippen LogP contribution in [0.15, 0.2) is 23.7 Å². The SMILES string of the molecule is [B]C(C)c1sccc1-c1ncc(C)cc1C. The van der Waals surface area contributed by atoms with Gasteiger partial charge >= 0.3 is 0 Å². The Morgan fingerprint density at radius 3 is 2.75 bits per heavy atom.